The monoisotopic (exact) mass is 227 g/mol. The first kappa shape index (κ1) is 12.4. The van der Waals surface area contributed by atoms with Gasteiger partial charge in [0, 0.05) is 19.0 Å². The summed E-state index contributed by atoms with van der Waals surface area (Å²) in [4.78, 5) is 11.3. The summed E-state index contributed by atoms with van der Waals surface area (Å²) in [5, 5.41) is 13.0. The van der Waals surface area contributed by atoms with Crippen molar-refractivity contribution in [2.45, 2.75) is 32.9 Å². The fraction of sp³-hybridized carbons (Fsp3) is 0.667. The summed E-state index contributed by atoms with van der Waals surface area (Å²) < 4.78 is 5.11. The summed E-state index contributed by atoms with van der Waals surface area (Å²) in [6.07, 6.45) is 0.360. The summed E-state index contributed by atoms with van der Waals surface area (Å²) in [5.74, 6) is 0.357. The molecule has 1 aromatic rings. The number of anilines is 1. The smallest absolute Gasteiger partial charge is 0.315 e. The van der Waals surface area contributed by atoms with E-state index in [0.717, 1.165) is 0 Å². The third-order valence-electron chi connectivity index (χ3n) is 1.72. The molecule has 0 aliphatic rings. The highest BCUT2D eigenvalue weighted by atomic mass is 16.4. The van der Waals surface area contributed by atoms with Gasteiger partial charge < -0.3 is 20.8 Å². The summed E-state index contributed by atoms with van der Waals surface area (Å²) in [6, 6.07) is 0.442. The van der Waals surface area contributed by atoms with Crippen LogP contribution in [0.25, 0.3) is 0 Å². The minimum Gasteiger partial charge on any atom is -0.407 e. The van der Waals surface area contributed by atoms with Crippen LogP contribution in [-0.4, -0.2) is 28.7 Å². The maximum Gasteiger partial charge on any atom is 0.315 e. The fourth-order valence-corrected chi connectivity index (χ4v) is 1.08. The lowest BCUT2D eigenvalue weighted by Gasteiger charge is -2.07. The molecule has 1 aromatic heterocycles. The van der Waals surface area contributed by atoms with Crippen LogP contribution in [0.15, 0.2) is 4.42 Å². The van der Waals surface area contributed by atoms with Crippen molar-refractivity contribution in [3.05, 3.63) is 5.89 Å². The molecule has 0 saturated heterocycles. The molecule has 16 heavy (non-hydrogen) atoms. The van der Waals surface area contributed by atoms with Crippen molar-refractivity contribution in [2.24, 2.45) is 5.73 Å². The maximum absolute atomic E-state index is 11.3. The number of nitrogens with one attached hydrogen (secondary N) is 2. The molecule has 7 heteroatoms. The van der Waals surface area contributed by atoms with Gasteiger partial charge in [0.25, 0.3) is 0 Å². The molecule has 0 spiro atoms. The normalized spacial score (nSPS) is 10.5. The van der Waals surface area contributed by atoms with Gasteiger partial charge >= 0.3 is 6.01 Å². The molecule has 4 N–H and O–H groups in total. The lowest BCUT2D eigenvalue weighted by molar-refractivity contribution is -0.121. The highest BCUT2D eigenvalue weighted by Crippen LogP contribution is 2.03. The van der Waals surface area contributed by atoms with Crippen molar-refractivity contribution in [1.29, 1.82) is 0 Å². The lowest BCUT2D eigenvalue weighted by Crippen LogP contribution is -2.31. The number of aromatic nitrogens is 2. The molecule has 1 heterocycles. The van der Waals surface area contributed by atoms with E-state index in [-0.39, 0.29) is 24.5 Å². The van der Waals surface area contributed by atoms with Gasteiger partial charge in [-0.3, -0.25) is 4.79 Å². The van der Waals surface area contributed by atoms with Crippen molar-refractivity contribution in [3.63, 3.8) is 0 Å². The van der Waals surface area contributed by atoms with Gasteiger partial charge in [0.2, 0.25) is 11.8 Å². The van der Waals surface area contributed by atoms with Crippen LogP contribution in [0.3, 0.4) is 0 Å². The molecule has 1 amide bonds. The molecular weight excluding hydrogens is 210 g/mol. The maximum atomic E-state index is 11.3. The molecule has 0 aliphatic carbocycles. The van der Waals surface area contributed by atoms with E-state index >= 15 is 0 Å². The first-order chi connectivity index (χ1) is 7.61. The molecule has 0 fully saturated rings. The molecule has 0 unspecified atom stereocenters. The van der Waals surface area contributed by atoms with E-state index < -0.39 is 0 Å². The molecule has 0 aliphatic heterocycles. The summed E-state index contributed by atoms with van der Waals surface area (Å²) in [6.45, 7) is 4.49. The quantitative estimate of drug-likeness (QED) is 0.624. The van der Waals surface area contributed by atoms with Gasteiger partial charge in [-0.2, -0.15) is 0 Å². The van der Waals surface area contributed by atoms with Crippen LogP contribution >= 0.6 is 0 Å². The van der Waals surface area contributed by atoms with Gasteiger partial charge in [0.15, 0.2) is 0 Å². The van der Waals surface area contributed by atoms with Gasteiger partial charge in [0.05, 0.1) is 6.54 Å². The average Bonchev–Trinajstić information content (AvgIpc) is 2.64. The number of rotatable bonds is 6. The van der Waals surface area contributed by atoms with Gasteiger partial charge in [-0.05, 0) is 13.8 Å². The summed E-state index contributed by atoms with van der Waals surface area (Å²) in [5.41, 5.74) is 5.31. The summed E-state index contributed by atoms with van der Waals surface area (Å²) >= 11 is 0. The Hall–Kier alpha value is -1.63. The van der Waals surface area contributed by atoms with E-state index in [9.17, 15) is 4.79 Å². The molecular formula is C9H17N5O2. The van der Waals surface area contributed by atoms with E-state index in [1.165, 1.54) is 0 Å². The molecule has 0 radical (unpaired) electrons. The van der Waals surface area contributed by atoms with Gasteiger partial charge in [-0.1, -0.05) is 5.10 Å². The van der Waals surface area contributed by atoms with E-state index in [2.05, 4.69) is 20.8 Å². The van der Waals surface area contributed by atoms with Crippen molar-refractivity contribution in [3.8, 4) is 0 Å². The SMILES string of the molecule is CC(C)NC(=O)CCNc1nnc(CN)o1. The van der Waals surface area contributed by atoms with Crippen LogP contribution < -0.4 is 16.4 Å². The Balaban J connectivity index is 2.22. The van der Waals surface area contributed by atoms with Crippen LogP contribution in [0, 0.1) is 0 Å². The highest BCUT2D eigenvalue weighted by molar-refractivity contribution is 5.76. The Kier molecular flexibility index (Phi) is 4.71. The second-order valence-electron chi connectivity index (χ2n) is 3.60. The van der Waals surface area contributed by atoms with E-state index in [4.69, 9.17) is 10.2 Å². The van der Waals surface area contributed by atoms with Crippen LogP contribution in [0.4, 0.5) is 6.01 Å². The number of hydrogen-bond acceptors (Lipinski definition) is 6. The van der Waals surface area contributed by atoms with Crippen molar-refractivity contribution >= 4 is 11.9 Å². The Morgan fingerprint density at radius 3 is 2.81 bits per heavy atom. The highest BCUT2D eigenvalue weighted by Gasteiger charge is 2.05. The predicted octanol–water partition coefficient (Wildman–Crippen LogP) is -0.145. The molecule has 1 rings (SSSR count). The molecule has 0 saturated carbocycles. The second-order valence-corrected chi connectivity index (χ2v) is 3.60. The van der Waals surface area contributed by atoms with Crippen LogP contribution in [0.2, 0.25) is 0 Å². The standard InChI is InChI=1S/C9H17N5O2/c1-6(2)12-7(15)3-4-11-9-14-13-8(5-10)16-9/h6H,3-5,10H2,1-2H3,(H,11,14)(H,12,15). The van der Waals surface area contributed by atoms with E-state index in [1.54, 1.807) is 0 Å². The Bertz CT molecular complexity index is 336. The Morgan fingerprint density at radius 1 is 1.50 bits per heavy atom. The first-order valence-electron chi connectivity index (χ1n) is 5.17. The number of hydrogen-bond donors (Lipinski definition) is 3. The largest absolute Gasteiger partial charge is 0.407 e. The van der Waals surface area contributed by atoms with Crippen LogP contribution in [0.5, 0.6) is 0 Å². The third-order valence-corrected chi connectivity index (χ3v) is 1.72. The van der Waals surface area contributed by atoms with Crippen LogP contribution in [-0.2, 0) is 11.3 Å². The van der Waals surface area contributed by atoms with E-state index in [1.807, 2.05) is 13.8 Å². The number of nitrogens with two attached hydrogens (primary N) is 1. The number of carbonyl (C=O) groups excluding carboxylic acids is 1. The average molecular weight is 227 g/mol. The van der Waals surface area contributed by atoms with E-state index in [0.29, 0.717) is 18.9 Å². The topological polar surface area (TPSA) is 106 Å². The zero-order valence-corrected chi connectivity index (χ0v) is 9.49. The second kappa shape index (κ2) is 6.06. The molecule has 0 aromatic carbocycles. The van der Waals surface area contributed by atoms with Crippen LogP contribution in [0.1, 0.15) is 26.2 Å². The number of amides is 1. The molecule has 0 atom stereocenters. The molecule has 90 valence electrons. The lowest BCUT2D eigenvalue weighted by atomic mass is 10.3. The Labute approximate surface area is 93.8 Å². The zero-order valence-electron chi connectivity index (χ0n) is 9.49. The van der Waals surface area contributed by atoms with Gasteiger partial charge in [0.1, 0.15) is 0 Å². The number of nitrogens with zero attached hydrogens (tertiary/aromatic N) is 2. The zero-order chi connectivity index (χ0) is 12.0. The molecule has 7 nitrogen and oxygen atoms in total. The summed E-state index contributed by atoms with van der Waals surface area (Å²) in [7, 11) is 0. The van der Waals surface area contributed by atoms with Gasteiger partial charge in [-0.15, -0.1) is 5.10 Å². The fourth-order valence-electron chi connectivity index (χ4n) is 1.08. The third kappa shape index (κ3) is 4.26. The van der Waals surface area contributed by atoms with Crippen molar-refractivity contribution < 1.29 is 9.21 Å². The minimum atomic E-state index is -0.0129. The van der Waals surface area contributed by atoms with Crippen molar-refractivity contribution in [1.82, 2.24) is 15.5 Å². The van der Waals surface area contributed by atoms with Gasteiger partial charge in [-0.25, -0.2) is 0 Å². The van der Waals surface area contributed by atoms with Crippen molar-refractivity contribution in [2.75, 3.05) is 11.9 Å². The Morgan fingerprint density at radius 2 is 2.25 bits per heavy atom. The number of carbonyl (C=O) groups is 1. The first-order valence-corrected chi connectivity index (χ1v) is 5.17. The minimum absolute atomic E-state index is 0.0129. The molecule has 0 bridgehead atoms. The predicted molar refractivity (Wildman–Crippen MR) is 58.6 cm³/mol.